The van der Waals surface area contributed by atoms with Gasteiger partial charge in [0, 0.05) is 50.6 Å². The standard InChI is InChI=1S/C18H27N3O3.CH2O2/c1-23-17-12-16(5-6-19-17)18(22)21-8-3-7-20(9-10-21)13-15-4-2-11-24-14-15;2-1-3/h5-6,12,15H,2-4,7-11,13-14H2,1H3;1H,(H,2,3). The first kappa shape index (κ1) is 21.1. The second-order valence-corrected chi connectivity index (χ2v) is 6.72. The monoisotopic (exact) mass is 379 g/mol. The van der Waals surface area contributed by atoms with E-state index in [0.29, 0.717) is 17.4 Å². The number of rotatable bonds is 4. The van der Waals surface area contributed by atoms with E-state index in [9.17, 15) is 4.79 Å². The molecule has 0 saturated carbocycles. The predicted molar refractivity (Wildman–Crippen MR) is 100.0 cm³/mol. The van der Waals surface area contributed by atoms with E-state index in [-0.39, 0.29) is 12.4 Å². The fourth-order valence-electron chi connectivity index (χ4n) is 3.51. The molecule has 0 aliphatic carbocycles. The van der Waals surface area contributed by atoms with Crippen LogP contribution in [0.5, 0.6) is 5.88 Å². The largest absolute Gasteiger partial charge is 0.483 e. The molecule has 1 aromatic rings. The van der Waals surface area contributed by atoms with Crippen LogP contribution in [0.1, 0.15) is 29.6 Å². The minimum atomic E-state index is -0.250. The maximum atomic E-state index is 12.7. The molecule has 8 nitrogen and oxygen atoms in total. The van der Waals surface area contributed by atoms with Crippen molar-refractivity contribution in [2.24, 2.45) is 5.92 Å². The van der Waals surface area contributed by atoms with Crippen molar-refractivity contribution in [2.75, 3.05) is 53.0 Å². The van der Waals surface area contributed by atoms with E-state index in [1.165, 1.54) is 12.8 Å². The lowest BCUT2D eigenvalue weighted by atomic mass is 10.0. The van der Waals surface area contributed by atoms with E-state index in [1.54, 1.807) is 25.4 Å². The van der Waals surface area contributed by atoms with Gasteiger partial charge in [-0.15, -0.1) is 0 Å². The van der Waals surface area contributed by atoms with Gasteiger partial charge in [0.1, 0.15) is 0 Å². The van der Waals surface area contributed by atoms with Crippen LogP contribution in [0.15, 0.2) is 18.3 Å². The first-order chi connectivity index (χ1) is 13.2. The molecule has 0 spiro atoms. The first-order valence-corrected chi connectivity index (χ1v) is 9.35. The van der Waals surface area contributed by atoms with E-state index in [4.69, 9.17) is 19.4 Å². The van der Waals surface area contributed by atoms with Gasteiger partial charge in [0.15, 0.2) is 0 Å². The molecule has 27 heavy (non-hydrogen) atoms. The molecular weight excluding hydrogens is 350 g/mol. The Bertz CT molecular complexity index is 592. The van der Waals surface area contributed by atoms with Crippen LogP contribution in [0, 0.1) is 5.92 Å². The van der Waals surface area contributed by atoms with E-state index >= 15 is 0 Å². The summed E-state index contributed by atoms with van der Waals surface area (Å²) in [4.78, 5) is 29.6. The predicted octanol–water partition coefficient (Wildman–Crippen LogP) is 1.37. The molecular formula is C19H29N3O5. The van der Waals surface area contributed by atoms with Gasteiger partial charge in [-0.2, -0.15) is 0 Å². The number of amides is 1. The number of ether oxygens (including phenoxy) is 2. The summed E-state index contributed by atoms with van der Waals surface area (Å²) in [5.41, 5.74) is 0.649. The summed E-state index contributed by atoms with van der Waals surface area (Å²) in [6, 6.07) is 3.47. The van der Waals surface area contributed by atoms with Crippen molar-refractivity contribution in [3.63, 3.8) is 0 Å². The molecule has 2 aliphatic rings. The summed E-state index contributed by atoms with van der Waals surface area (Å²) in [6.45, 7) is 6.21. The van der Waals surface area contributed by atoms with Gasteiger partial charge in [-0.25, -0.2) is 4.98 Å². The Morgan fingerprint density at radius 2 is 2.19 bits per heavy atom. The number of carbonyl (C=O) groups excluding carboxylic acids is 1. The lowest BCUT2D eigenvalue weighted by Crippen LogP contribution is -2.38. The average Bonchev–Trinajstić information content (AvgIpc) is 2.94. The molecule has 1 amide bonds. The van der Waals surface area contributed by atoms with Crippen molar-refractivity contribution >= 4 is 12.4 Å². The van der Waals surface area contributed by atoms with Gasteiger partial charge >= 0.3 is 0 Å². The lowest BCUT2D eigenvalue weighted by Gasteiger charge is -2.28. The quantitative estimate of drug-likeness (QED) is 0.790. The summed E-state index contributed by atoms with van der Waals surface area (Å²) in [6.07, 6.45) is 5.07. The summed E-state index contributed by atoms with van der Waals surface area (Å²) in [5, 5.41) is 6.89. The molecule has 8 heteroatoms. The van der Waals surface area contributed by atoms with Crippen LogP contribution in [0.25, 0.3) is 0 Å². The third kappa shape index (κ3) is 6.80. The van der Waals surface area contributed by atoms with E-state index in [1.807, 2.05) is 4.90 Å². The average molecular weight is 379 g/mol. The summed E-state index contributed by atoms with van der Waals surface area (Å²) < 4.78 is 10.7. The molecule has 0 bridgehead atoms. The molecule has 2 saturated heterocycles. The van der Waals surface area contributed by atoms with Gasteiger partial charge in [-0.1, -0.05) is 0 Å². The Balaban J connectivity index is 0.000000817. The number of nitrogens with zero attached hydrogens (tertiary/aromatic N) is 3. The molecule has 1 N–H and O–H groups in total. The smallest absolute Gasteiger partial charge is 0.290 e. The van der Waals surface area contributed by atoms with Crippen LogP contribution < -0.4 is 4.74 Å². The van der Waals surface area contributed by atoms with Crippen LogP contribution in [-0.2, 0) is 9.53 Å². The SMILES string of the molecule is COc1cc(C(=O)N2CCCN(CC3CCCOC3)CC2)ccn1.O=CO. The van der Waals surface area contributed by atoms with Crippen molar-refractivity contribution in [2.45, 2.75) is 19.3 Å². The second kappa shape index (κ2) is 11.5. The summed E-state index contributed by atoms with van der Waals surface area (Å²) >= 11 is 0. The van der Waals surface area contributed by atoms with Crippen molar-refractivity contribution in [1.29, 1.82) is 0 Å². The number of methoxy groups -OCH3 is 1. The van der Waals surface area contributed by atoms with Crippen molar-refractivity contribution in [1.82, 2.24) is 14.8 Å². The Morgan fingerprint density at radius 3 is 2.89 bits per heavy atom. The van der Waals surface area contributed by atoms with E-state index in [2.05, 4.69) is 9.88 Å². The van der Waals surface area contributed by atoms with Gasteiger partial charge in [0.05, 0.1) is 13.7 Å². The fraction of sp³-hybridized carbons (Fsp3) is 0.632. The Kier molecular flexibility index (Phi) is 9.00. The van der Waals surface area contributed by atoms with Crippen LogP contribution in [-0.4, -0.2) is 85.3 Å². The number of hydrogen-bond acceptors (Lipinski definition) is 6. The van der Waals surface area contributed by atoms with Crippen LogP contribution >= 0.6 is 0 Å². The molecule has 2 fully saturated rings. The Hall–Kier alpha value is -2.19. The number of hydrogen-bond donors (Lipinski definition) is 1. The Labute approximate surface area is 160 Å². The normalized spacial score (nSPS) is 20.8. The zero-order valence-corrected chi connectivity index (χ0v) is 15.9. The topological polar surface area (TPSA) is 92.2 Å². The minimum absolute atomic E-state index is 0.0681. The molecule has 0 aromatic carbocycles. The number of carboxylic acid groups (broad SMARTS) is 1. The van der Waals surface area contributed by atoms with Crippen molar-refractivity contribution < 1.29 is 24.2 Å². The number of pyridine rings is 1. The van der Waals surface area contributed by atoms with Gasteiger partial charge in [0.2, 0.25) is 5.88 Å². The fourth-order valence-corrected chi connectivity index (χ4v) is 3.51. The zero-order chi connectivity index (χ0) is 19.5. The van der Waals surface area contributed by atoms with Gasteiger partial charge < -0.3 is 24.4 Å². The highest BCUT2D eigenvalue weighted by atomic mass is 16.5. The van der Waals surface area contributed by atoms with Crippen molar-refractivity contribution in [3.05, 3.63) is 23.9 Å². The molecule has 3 heterocycles. The molecule has 1 aromatic heterocycles. The third-order valence-electron chi connectivity index (χ3n) is 4.84. The van der Waals surface area contributed by atoms with Crippen LogP contribution in [0.4, 0.5) is 0 Å². The Morgan fingerprint density at radius 1 is 1.37 bits per heavy atom. The third-order valence-corrected chi connectivity index (χ3v) is 4.84. The van der Waals surface area contributed by atoms with Crippen LogP contribution in [0.3, 0.4) is 0 Å². The molecule has 1 atom stereocenters. The maximum Gasteiger partial charge on any atom is 0.290 e. The second-order valence-electron chi connectivity index (χ2n) is 6.72. The summed E-state index contributed by atoms with van der Waals surface area (Å²) in [7, 11) is 1.56. The van der Waals surface area contributed by atoms with E-state index in [0.717, 1.165) is 52.4 Å². The van der Waals surface area contributed by atoms with Gasteiger partial charge in [-0.3, -0.25) is 9.59 Å². The number of aromatic nitrogens is 1. The van der Waals surface area contributed by atoms with Gasteiger partial charge in [0.25, 0.3) is 12.4 Å². The molecule has 3 rings (SSSR count). The van der Waals surface area contributed by atoms with Gasteiger partial charge in [-0.05, 0) is 37.8 Å². The summed E-state index contributed by atoms with van der Waals surface area (Å²) in [5.74, 6) is 1.19. The lowest BCUT2D eigenvalue weighted by molar-refractivity contribution is -0.122. The molecule has 1 unspecified atom stereocenters. The molecule has 2 aliphatic heterocycles. The van der Waals surface area contributed by atoms with Crippen LogP contribution in [0.2, 0.25) is 0 Å². The number of carbonyl (C=O) groups is 2. The highest BCUT2D eigenvalue weighted by molar-refractivity contribution is 5.94. The highest BCUT2D eigenvalue weighted by Gasteiger charge is 2.23. The maximum absolute atomic E-state index is 12.7. The minimum Gasteiger partial charge on any atom is -0.483 e. The molecule has 150 valence electrons. The highest BCUT2D eigenvalue weighted by Crippen LogP contribution is 2.17. The van der Waals surface area contributed by atoms with E-state index < -0.39 is 0 Å². The van der Waals surface area contributed by atoms with Crippen molar-refractivity contribution in [3.8, 4) is 5.88 Å². The first-order valence-electron chi connectivity index (χ1n) is 9.35. The molecule has 0 radical (unpaired) electrons. The zero-order valence-electron chi connectivity index (χ0n) is 15.9.